The van der Waals surface area contributed by atoms with Crippen molar-refractivity contribution >= 4 is 21.7 Å². The molecule has 16 heavy (non-hydrogen) atoms. The molecule has 0 saturated heterocycles. The van der Waals surface area contributed by atoms with E-state index in [0.29, 0.717) is 6.54 Å². The molecule has 0 spiro atoms. The molecule has 3 nitrogen and oxygen atoms in total. The smallest absolute Gasteiger partial charge is 0.126 e. The molecule has 2 rings (SSSR count). The van der Waals surface area contributed by atoms with Crippen LogP contribution in [-0.4, -0.2) is 9.97 Å². The van der Waals surface area contributed by atoms with E-state index in [2.05, 4.69) is 44.2 Å². The van der Waals surface area contributed by atoms with Crippen molar-refractivity contribution in [3.63, 3.8) is 0 Å². The van der Waals surface area contributed by atoms with E-state index in [1.54, 1.807) is 12.4 Å². The van der Waals surface area contributed by atoms with Crippen molar-refractivity contribution in [3.8, 4) is 0 Å². The second-order valence-corrected chi connectivity index (χ2v) is 4.40. The van der Waals surface area contributed by atoms with Crippen molar-refractivity contribution in [3.05, 3.63) is 52.4 Å². The molecule has 2 heterocycles. The molecule has 0 atom stereocenters. The van der Waals surface area contributed by atoms with Crippen molar-refractivity contribution in [1.29, 1.82) is 0 Å². The van der Waals surface area contributed by atoms with E-state index in [-0.39, 0.29) is 0 Å². The Morgan fingerprint density at radius 2 is 2.12 bits per heavy atom. The van der Waals surface area contributed by atoms with Crippen LogP contribution < -0.4 is 5.32 Å². The fourth-order valence-electron chi connectivity index (χ4n) is 1.36. The highest BCUT2D eigenvalue weighted by atomic mass is 79.9. The lowest BCUT2D eigenvalue weighted by molar-refractivity contribution is 1.00. The van der Waals surface area contributed by atoms with Gasteiger partial charge in [-0.25, -0.2) is 4.98 Å². The van der Waals surface area contributed by atoms with Gasteiger partial charge in [-0.05, 0) is 46.6 Å². The molecule has 0 radical (unpaired) electrons. The monoisotopic (exact) mass is 277 g/mol. The van der Waals surface area contributed by atoms with Crippen LogP contribution in [0.15, 0.2) is 41.1 Å². The van der Waals surface area contributed by atoms with Crippen LogP contribution in [0.2, 0.25) is 0 Å². The number of pyridine rings is 2. The molecule has 0 unspecified atom stereocenters. The van der Waals surface area contributed by atoms with Crippen molar-refractivity contribution < 1.29 is 0 Å². The fourth-order valence-corrected chi connectivity index (χ4v) is 1.59. The maximum absolute atomic E-state index is 4.31. The van der Waals surface area contributed by atoms with Crippen molar-refractivity contribution in [2.24, 2.45) is 0 Å². The number of nitrogens with zero attached hydrogens (tertiary/aromatic N) is 2. The molecule has 0 fully saturated rings. The maximum atomic E-state index is 4.31. The van der Waals surface area contributed by atoms with E-state index >= 15 is 0 Å². The molecule has 82 valence electrons. The Balaban J connectivity index is 2.02. The predicted molar refractivity (Wildman–Crippen MR) is 68.2 cm³/mol. The summed E-state index contributed by atoms with van der Waals surface area (Å²) in [4.78, 5) is 8.55. The Labute approximate surface area is 103 Å². The third-order valence-corrected chi connectivity index (χ3v) is 2.75. The van der Waals surface area contributed by atoms with E-state index in [1.807, 2.05) is 18.2 Å². The van der Waals surface area contributed by atoms with Gasteiger partial charge in [-0.2, -0.15) is 0 Å². The number of aryl methyl sites for hydroxylation is 1. The predicted octanol–water partition coefficient (Wildman–Crippen LogP) is 3.16. The lowest BCUT2D eigenvalue weighted by Crippen LogP contribution is -2.04. The van der Waals surface area contributed by atoms with Crippen LogP contribution in [0.25, 0.3) is 0 Å². The molecule has 0 bridgehead atoms. The average molecular weight is 278 g/mol. The van der Waals surface area contributed by atoms with Gasteiger partial charge in [0.05, 0.1) is 12.2 Å². The van der Waals surface area contributed by atoms with E-state index < -0.39 is 0 Å². The largest absolute Gasteiger partial charge is 0.364 e. The van der Waals surface area contributed by atoms with E-state index in [9.17, 15) is 0 Å². The molecule has 0 aliphatic rings. The summed E-state index contributed by atoms with van der Waals surface area (Å²) in [7, 11) is 0. The Kier molecular flexibility index (Phi) is 3.51. The first-order valence-corrected chi connectivity index (χ1v) is 5.81. The van der Waals surface area contributed by atoms with Crippen LogP contribution in [0.4, 0.5) is 5.82 Å². The van der Waals surface area contributed by atoms with Crippen molar-refractivity contribution in [2.45, 2.75) is 13.5 Å². The van der Waals surface area contributed by atoms with Gasteiger partial charge in [0.15, 0.2) is 0 Å². The maximum Gasteiger partial charge on any atom is 0.126 e. The van der Waals surface area contributed by atoms with Gasteiger partial charge in [0.2, 0.25) is 0 Å². The Bertz CT molecular complexity index is 468. The van der Waals surface area contributed by atoms with Crippen LogP contribution in [0.5, 0.6) is 0 Å². The Morgan fingerprint density at radius 3 is 2.81 bits per heavy atom. The minimum Gasteiger partial charge on any atom is -0.364 e. The van der Waals surface area contributed by atoms with Crippen molar-refractivity contribution in [2.75, 3.05) is 5.32 Å². The fraction of sp³-hybridized carbons (Fsp3) is 0.167. The quantitative estimate of drug-likeness (QED) is 0.937. The van der Waals surface area contributed by atoms with Crippen LogP contribution in [-0.2, 0) is 6.54 Å². The summed E-state index contributed by atoms with van der Waals surface area (Å²) in [5.41, 5.74) is 2.24. The SMILES string of the molecule is Cc1cccnc1CNc1ccc(Br)cn1. The van der Waals surface area contributed by atoms with Crippen LogP contribution >= 0.6 is 15.9 Å². The van der Waals surface area contributed by atoms with Gasteiger partial charge < -0.3 is 5.32 Å². The summed E-state index contributed by atoms with van der Waals surface area (Å²) in [6, 6.07) is 7.89. The van der Waals surface area contributed by atoms with Crippen molar-refractivity contribution in [1.82, 2.24) is 9.97 Å². The number of halogens is 1. The Morgan fingerprint density at radius 1 is 1.25 bits per heavy atom. The summed E-state index contributed by atoms with van der Waals surface area (Å²) < 4.78 is 0.979. The number of rotatable bonds is 3. The second kappa shape index (κ2) is 5.07. The highest BCUT2D eigenvalue weighted by Gasteiger charge is 1.99. The van der Waals surface area contributed by atoms with Gasteiger partial charge in [0.1, 0.15) is 5.82 Å². The number of nitrogens with one attached hydrogen (secondary N) is 1. The third-order valence-electron chi connectivity index (χ3n) is 2.28. The molecule has 0 saturated carbocycles. The van der Waals surface area contributed by atoms with Gasteiger partial charge >= 0.3 is 0 Å². The second-order valence-electron chi connectivity index (χ2n) is 3.48. The first-order valence-electron chi connectivity index (χ1n) is 5.01. The van der Waals surface area contributed by atoms with Gasteiger partial charge in [-0.15, -0.1) is 0 Å². The van der Waals surface area contributed by atoms with Crippen LogP contribution in [0.1, 0.15) is 11.3 Å². The lowest BCUT2D eigenvalue weighted by atomic mass is 10.2. The summed E-state index contributed by atoms with van der Waals surface area (Å²) in [6.07, 6.45) is 3.58. The highest BCUT2D eigenvalue weighted by molar-refractivity contribution is 9.10. The van der Waals surface area contributed by atoms with Gasteiger partial charge in [0, 0.05) is 16.9 Å². The highest BCUT2D eigenvalue weighted by Crippen LogP contribution is 2.11. The topological polar surface area (TPSA) is 37.8 Å². The zero-order valence-electron chi connectivity index (χ0n) is 8.94. The number of hydrogen-bond donors (Lipinski definition) is 1. The third kappa shape index (κ3) is 2.79. The first kappa shape index (κ1) is 11.1. The summed E-state index contributed by atoms with van der Waals surface area (Å²) >= 11 is 3.35. The number of aromatic nitrogens is 2. The van der Waals surface area contributed by atoms with E-state index in [1.165, 1.54) is 5.56 Å². The molecule has 0 aliphatic heterocycles. The molecular formula is C12H12BrN3. The number of anilines is 1. The summed E-state index contributed by atoms with van der Waals surface area (Å²) in [5.74, 6) is 0.855. The standard InChI is InChI=1S/C12H12BrN3/c1-9-3-2-6-14-11(9)8-16-12-5-4-10(13)7-15-12/h2-7H,8H2,1H3,(H,15,16). The normalized spacial score (nSPS) is 10.1. The Hall–Kier alpha value is -1.42. The molecular weight excluding hydrogens is 266 g/mol. The summed E-state index contributed by atoms with van der Waals surface area (Å²) in [6.45, 7) is 2.75. The zero-order valence-corrected chi connectivity index (χ0v) is 10.5. The zero-order chi connectivity index (χ0) is 11.4. The van der Waals surface area contributed by atoms with E-state index in [4.69, 9.17) is 0 Å². The summed E-state index contributed by atoms with van der Waals surface area (Å²) in [5, 5.41) is 3.23. The first-order chi connectivity index (χ1) is 7.75. The molecule has 0 aliphatic carbocycles. The minimum absolute atomic E-state index is 0.696. The molecule has 1 N–H and O–H groups in total. The van der Waals surface area contributed by atoms with Gasteiger partial charge in [0.25, 0.3) is 0 Å². The van der Waals surface area contributed by atoms with Crippen LogP contribution in [0, 0.1) is 6.92 Å². The van der Waals surface area contributed by atoms with E-state index in [0.717, 1.165) is 16.0 Å². The van der Waals surface area contributed by atoms with Crippen LogP contribution in [0.3, 0.4) is 0 Å². The average Bonchev–Trinajstić information content (AvgIpc) is 2.30. The van der Waals surface area contributed by atoms with Gasteiger partial charge in [-0.3, -0.25) is 4.98 Å². The van der Waals surface area contributed by atoms with Gasteiger partial charge in [-0.1, -0.05) is 6.07 Å². The molecule has 0 amide bonds. The number of hydrogen-bond acceptors (Lipinski definition) is 3. The molecule has 2 aromatic rings. The molecule has 0 aromatic carbocycles. The lowest BCUT2D eigenvalue weighted by Gasteiger charge is -2.06. The minimum atomic E-state index is 0.696. The molecule has 4 heteroatoms. The molecule has 2 aromatic heterocycles.